The maximum absolute atomic E-state index is 12.9. The van der Waals surface area contributed by atoms with Gasteiger partial charge in [0.15, 0.2) is 0 Å². The van der Waals surface area contributed by atoms with Gasteiger partial charge >= 0.3 is 17.6 Å². The summed E-state index contributed by atoms with van der Waals surface area (Å²) < 4.78 is 0. The number of rotatable bonds is 5. The third kappa shape index (κ3) is 4.59. The molecule has 0 aromatic heterocycles. The molecule has 4 aliphatic heterocycles. The Morgan fingerprint density at radius 2 is 1.93 bits per heavy atom. The molecule has 4 N–H and O–H groups in total. The lowest BCUT2D eigenvalue weighted by molar-refractivity contribution is -0.186. The Balaban J connectivity index is 1.14. The zero-order valence-electron chi connectivity index (χ0n) is 21.5. The predicted octanol–water partition coefficient (Wildman–Crippen LogP) is 2.66. The molecule has 0 spiro atoms. The van der Waals surface area contributed by atoms with Crippen LogP contribution in [0.3, 0.4) is 0 Å². The quantitative estimate of drug-likeness (QED) is 0.326. The normalized spacial score (nSPS) is 19.6. The molecular weight excluding hydrogens is 532 g/mol. The van der Waals surface area contributed by atoms with Crippen molar-refractivity contribution in [2.45, 2.75) is 36.5 Å². The van der Waals surface area contributed by atoms with Crippen LogP contribution in [0.15, 0.2) is 79.6 Å². The molecule has 0 unspecified atom stereocenters. The van der Waals surface area contributed by atoms with Crippen LogP contribution < -0.4 is 10.6 Å². The number of anilines is 2. The second kappa shape index (κ2) is 10.0. The molecule has 0 radical (unpaired) electrons. The maximum Gasteiger partial charge on any atom is 0.330 e. The summed E-state index contributed by atoms with van der Waals surface area (Å²) in [6.45, 7) is 0.649. The van der Waals surface area contributed by atoms with Crippen molar-refractivity contribution in [3.8, 4) is 0 Å². The first kappa shape index (κ1) is 26.0. The molecule has 40 heavy (non-hydrogen) atoms. The van der Waals surface area contributed by atoms with Crippen LogP contribution in [0.4, 0.5) is 11.4 Å². The van der Waals surface area contributed by atoms with Gasteiger partial charge in [0, 0.05) is 42.2 Å². The fourth-order valence-corrected chi connectivity index (χ4v) is 6.09. The minimum atomic E-state index is -3.07. The summed E-state index contributed by atoms with van der Waals surface area (Å²) in [6, 6.07) is 12.2. The molecule has 204 valence electrons. The number of allylic oxidation sites excluding steroid dienone is 1. The van der Waals surface area contributed by atoms with E-state index in [2.05, 4.69) is 15.6 Å². The highest BCUT2D eigenvalue weighted by atomic mass is 32.2. The minimum absolute atomic E-state index is 0.0630. The van der Waals surface area contributed by atoms with E-state index in [1.54, 1.807) is 36.0 Å². The molecule has 1 fully saturated rings. The Bertz CT molecular complexity index is 1560. The van der Waals surface area contributed by atoms with Gasteiger partial charge in [-0.1, -0.05) is 23.9 Å². The van der Waals surface area contributed by atoms with Crippen LogP contribution in [0.25, 0.3) is 0 Å². The van der Waals surface area contributed by atoms with E-state index in [-0.39, 0.29) is 12.5 Å². The topological polar surface area (TPSA) is 147 Å². The Morgan fingerprint density at radius 3 is 2.62 bits per heavy atom. The molecule has 4 heterocycles. The summed E-state index contributed by atoms with van der Waals surface area (Å²) in [7, 11) is 1.28. The fourth-order valence-electron chi connectivity index (χ4n) is 4.94. The number of carbonyl (C=O) groups is 3. The van der Waals surface area contributed by atoms with E-state index >= 15 is 0 Å². The van der Waals surface area contributed by atoms with Crippen molar-refractivity contribution in [3.05, 3.63) is 75.8 Å². The van der Waals surface area contributed by atoms with Crippen molar-refractivity contribution in [1.29, 1.82) is 0 Å². The van der Waals surface area contributed by atoms with Crippen molar-refractivity contribution in [2.75, 3.05) is 24.2 Å². The summed E-state index contributed by atoms with van der Waals surface area (Å²) in [5.74, 6) is -4.78. The highest BCUT2D eigenvalue weighted by Gasteiger charge is 2.55. The highest BCUT2D eigenvalue weighted by molar-refractivity contribution is 8.04. The summed E-state index contributed by atoms with van der Waals surface area (Å²) in [4.78, 5) is 48.2. The van der Waals surface area contributed by atoms with E-state index in [0.29, 0.717) is 23.4 Å². The lowest BCUT2D eigenvalue weighted by Crippen LogP contribution is -2.43. The van der Waals surface area contributed by atoms with Crippen LogP contribution in [-0.4, -0.2) is 69.4 Å². The first-order valence-electron chi connectivity index (χ1n) is 12.8. The average molecular weight is 559 g/mol. The van der Waals surface area contributed by atoms with Crippen molar-refractivity contribution >= 4 is 52.9 Å². The van der Waals surface area contributed by atoms with Crippen molar-refractivity contribution in [2.24, 2.45) is 9.98 Å². The molecular formula is C28H26N6O5S. The molecule has 12 heteroatoms. The van der Waals surface area contributed by atoms with Crippen molar-refractivity contribution in [3.63, 3.8) is 0 Å². The van der Waals surface area contributed by atoms with Gasteiger partial charge in [-0.15, -0.1) is 0 Å². The summed E-state index contributed by atoms with van der Waals surface area (Å²) >= 11 is 1.68. The molecule has 0 atom stereocenters. The van der Waals surface area contributed by atoms with Gasteiger partial charge in [0.05, 0.1) is 17.1 Å². The first-order chi connectivity index (χ1) is 19.2. The maximum atomic E-state index is 12.9. The number of nitrogens with zero attached hydrogens (tertiary/aromatic N) is 4. The highest BCUT2D eigenvalue weighted by Crippen LogP contribution is 2.44. The number of amidine groups is 1. The standard InChI is InChI=1S/C28H26N6O5S/c1-33-26(36)28(38,39)27(37)34(33)15-16-4-6-17(7-5-16)25(35)31-19-8-9-22-21(13-19)32-24-23(40-22)20(10-12-30-24)18-3-2-11-29-14-18/h4-9,11,13-14,38-39H,2-3,10,12,15H2,1H3,(H,30,32)(H,31,35). The zero-order valence-corrected chi connectivity index (χ0v) is 22.4. The van der Waals surface area contributed by atoms with Gasteiger partial charge in [-0.25, -0.2) is 10.0 Å². The van der Waals surface area contributed by atoms with Gasteiger partial charge in [0.25, 0.3) is 5.91 Å². The van der Waals surface area contributed by atoms with Crippen molar-refractivity contribution < 1.29 is 24.6 Å². The SMILES string of the molecule is CN1C(=O)C(O)(O)C(=O)N1Cc1ccc(C(=O)Nc2ccc3c(c2)NC2=NCCC(C4=CN=CCC4)=C2S3)cc1. The summed E-state index contributed by atoms with van der Waals surface area (Å²) in [5, 5.41) is 27.6. The van der Waals surface area contributed by atoms with Gasteiger partial charge in [-0.2, -0.15) is 0 Å². The van der Waals surface area contributed by atoms with E-state index in [1.807, 2.05) is 30.6 Å². The van der Waals surface area contributed by atoms with Gasteiger partial charge in [0.2, 0.25) is 0 Å². The van der Waals surface area contributed by atoms with Gasteiger partial charge in [-0.3, -0.25) is 24.4 Å². The molecule has 1 saturated heterocycles. The Morgan fingerprint density at radius 1 is 1.12 bits per heavy atom. The number of dihydropyridines is 1. The number of fused-ring (bicyclic) bond motifs is 2. The number of thioether (sulfide) groups is 1. The van der Waals surface area contributed by atoms with Gasteiger partial charge in [-0.05, 0) is 66.3 Å². The molecule has 0 aliphatic carbocycles. The Labute approximate surface area is 234 Å². The number of hydrazine groups is 1. The van der Waals surface area contributed by atoms with Crippen LogP contribution in [0, 0.1) is 0 Å². The van der Waals surface area contributed by atoms with Crippen molar-refractivity contribution in [1.82, 2.24) is 10.0 Å². The lowest BCUT2D eigenvalue weighted by Gasteiger charge is -2.28. The van der Waals surface area contributed by atoms with Crippen LogP contribution in [-0.2, 0) is 16.1 Å². The molecule has 0 saturated carbocycles. The van der Waals surface area contributed by atoms with E-state index in [0.717, 1.165) is 50.6 Å². The number of nitrogens with one attached hydrogen (secondary N) is 2. The predicted molar refractivity (Wildman–Crippen MR) is 151 cm³/mol. The third-order valence-corrected chi connectivity index (χ3v) is 8.34. The number of hydrogen-bond acceptors (Lipinski definition) is 9. The number of hydrogen-bond donors (Lipinski definition) is 4. The van der Waals surface area contributed by atoms with Crippen LogP contribution >= 0.6 is 11.8 Å². The third-order valence-electron chi connectivity index (χ3n) is 7.12. The first-order valence-corrected chi connectivity index (χ1v) is 13.6. The summed E-state index contributed by atoms with van der Waals surface area (Å²) in [5.41, 5.74) is 5.05. The average Bonchev–Trinajstić information content (AvgIpc) is 3.11. The van der Waals surface area contributed by atoms with Crippen LogP contribution in [0.1, 0.15) is 35.2 Å². The molecule has 0 bridgehead atoms. The largest absolute Gasteiger partial charge is 0.351 e. The molecule has 3 amide bonds. The number of aliphatic imine (C=N–C) groups is 2. The lowest BCUT2D eigenvalue weighted by atomic mass is 9.96. The number of carbonyl (C=O) groups excluding carboxylic acids is 3. The van der Waals surface area contributed by atoms with Gasteiger partial charge in [0.1, 0.15) is 5.84 Å². The van der Waals surface area contributed by atoms with Gasteiger partial charge < -0.3 is 20.8 Å². The second-order valence-corrected chi connectivity index (χ2v) is 10.8. The van der Waals surface area contributed by atoms with E-state index in [9.17, 15) is 24.6 Å². The van der Waals surface area contributed by atoms with Crippen LogP contribution in [0.5, 0.6) is 0 Å². The second-order valence-electron chi connectivity index (χ2n) is 9.77. The van der Waals surface area contributed by atoms with Crippen LogP contribution in [0.2, 0.25) is 0 Å². The monoisotopic (exact) mass is 558 g/mol. The number of aliphatic hydroxyl groups is 2. The summed E-state index contributed by atoms with van der Waals surface area (Å²) in [6.07, 6.45) is 6.71. The fraction of sp³-hybridized carbons (Fsp3) is 0.250. The Kier molecular flexibility index (Phi) is 6.53. The number of amides is 3. The van der Waals surface area contributed by atoms with E-state index in [4.69, 9.17) is 4.99 Å². The van der Waals surface area contributed by atoms with E-state index < -0.39 is 17.6 Å². The Hall–Kier alpha value is -4.26. The molecule has 2 aromatic carbocycles. The number of benzene rings is 2. The molecule has 4 aliphatic rings. The van der Waals surface area contributed by atoms with E-state index in [1.165, 1.54) is 18.2 Å². The smallest absolute Gasteiger partial charge is 0.330 e. The zero-order chi connectivity index (χ0) is 28.0. The molecule has 2 aromatic rings. The molecule has 6 rings (SSSR count). The minimum Gasteiger partial charge on any atom is -0.351 e. The number of likely N-dealkylation sites (N-methyl/N-ethyl adjacent to an activating group) is 1. The molecule has 11 nitrogen and oxygen atoms in total.